The molecule has 1 amide bonds. The lowest BCUT2D eigenvalue weighted by molar-refractivity contribution is 0.0691. The Labute approximate surface area is 440 Å². The highest BCUT2D eigenvalue weighted by Crippen LogP contribution is 2.32. The Kier molecular flexibility index (Phi) is 16.2. The Morgan fingerprint density at radius 1 is 0.662 bits per heavy atom. The van der Waals surface area contributed by atoms with Crippen molar-refractivity contribution < 1.29 is 40.1 Å². The number of benzene rings is 6. The predicted molar refractivity (Wildman–Crippen MR) is 291 cm³/mol. The van der Waals surface area contributed by atoms with E-state index in [9.17, 15) is 33.8 Å². The Hall–Kier alpha value is -8.95. The lowest BCUT2D eigenvalue weighted by Crippen LogP contribution is -2.16. The summed E-state index contributed by atoms with van der Waals surface area (Å²) in [4.78, 5) is 48.5. The molecule has 0 aliphatic carbocycles. The number of fused-ring (bicyclic) bond motifs is 4. The zero-order chi connectivity index (χ0) is 54.7. The number of ether oxygens (including phenoxy) is 2. The summed E-state index contributed by atoms with van der Waals surface area (Å²) < 4.78 is 30.0. The van der Waals surface area contributed by atoms with Gasteiger partial charge in [0.05, 0.1) is 68.1 Å². The fourth-order valence-corrected chi connectivity index (χ4v) is 9.64. The van der Waals surface area contributed by atoms with Crippen molar-refractivity contribution in [2.24, 2.45) is 11.8 Å². The first-order valence-electron chi connectivity index (χ1n) is 25.4. The molecule has 8 N–H and O–H groups in total. The first kappa shape index (κ1) is 51.5. The average molecular weight is 1040 g/mol. The molecule has 2 aliphatic heterocycles. The lowest BCUT2D eigenvalue weighted by atomic mass is 9.99. The fourth-order valence-electron chi connectivity index (χ4n) is 9.64. The average Bonchev–Trinajstić information content (AvgIpc) is 4.40. The van der Waals surface area contributed by atoms with Gasteiger partial charge in [0, 0.05) is 82.2 Å². The highest BCUT2D eigenvalue weighted by molar-refractivity contribution is 6.11. The normalized spacial score (nSPS) is 15.0. The number of aromatic amines is 2. The number of aromatic nitrogens is 8. The third kappa shape index (κ3) is 11.5. The molecule has 4 aromatic heterocycles. The molecule has 0 saturated carbocycles. The van der Waals surface area contributed by atoms with Gasteiger partial charge in [-0.2, -0.15) is 20.4 Å². The van der Waals surface area contributed by atoms with Crippen molar-refractivity contribution in [2.75, 3.05) is 44.6 Å². The first-order valence-corrected chi connectivity index (χ1v) is 24.6. The van der Waals surface area contributed by atoms with Gasteiger partial charge in [-0.1, -0.05) is 84.9 Å². The topological polar surface area (TPSA) is 278 Å². The van der Waals surface area contributed by atoms with E-state index in [0.29, 0.717) is 98.2 Å². The number of alkyl halides is 1. The molecule has 0 radical (unpaired) electrons. The van der Waals surface area contributed by atoms with E-state index < -0.39 is 13.1 Å². The number of para-hydroxylation sites is 2. The number of nitrogens with one attached hydrogen (secondary N) is 3. The summed E-state index contributed by atoms with van der Waals surface area (Å²) in [7, 11) is -1.00. The molecule has 6 heterocycles. The summed E-state index contributed by atoms with van der Waals surface area (Å²) in [5.74, 6) is -0.513. The van der Waals surface area contributed by atoms with Crippen LogP contribution in [0.4, 0.5) is 15.8 Å². The molecule has 2 unspecified atom stereocenters. The minimum atomic E-state index is -1.00. The molecule has 2 aliphatic rings. The van der Waals surface area contributed by atoms with Crippen LogP contribution < -0.4 is 22.2 Å². The van der Waals surface area contributed by atoms with Crippen molar-refractivity contribution in [3.63, 3.8) is 0 Å². The monoisotopic (exact) mass is 1040 g/mol. The quantitative estimate of drug-likeness (QED) is 0.0611. The molecule has 0 spiro atoms. The van der Waals surface area contributed by atoms with E-state index in [1.807, 2.05) is 71.4 Å². The van der Waals surface area contributed by atoms with Crippen LogP contribution in [-0.2, 0) is 35.8 Å². The van der Waals surface area contributed by atoms with Crippen molar-refractivity contribution >= 4 is 66.6 Å². The van der Waals surface area contributed by atoms with Gasteiger partial charge in [0.15, 0.2) is 11.4 Å². The van der Waals surface area contributed by atoms with Crippen LogP contribution in [0.15, 0.2) is 143 Å². The number of carboxylic acid groups (broad SMARTS) is 1. The van der Waals surface area contributed by atoms with E-state index in [4.69, 9.17) is 21.7 Å². The number of rotatable bonds is 11. The van der Waals surface area contributed by atoms with Crippen LogP contribution in [0.25, 0.3) is 65.9 Å². The molecule has 2 atom stereocenters. The number of hydrogen-bond acceptors (Lipinski definition) is 13. The number of nitrogens with two attached hydrogens (primary N) is 1. The number of hydrogen-bond donors (Lipinski definition) is 7. The van der Waals surface area contributed by atoms with Crippen molar-refractivity contribution in [3.8, 4) is 22.5 Å². The number of carbonyl (C=O) groups is 2. The van der Waals surface area contributed by atoms with E-state index in [2.05, 4.69) is 35.9 Å². The molecule has 20 heteroatoms. The lowest BCUT2D eigenvalue weighted by Gasteiger charge is -2.12. The number of amides is 1. The summed E-state index contributed by atoms with van der Waals surface area (Å²) in [5.41, 5.74) is 12.4. The van der Waals surface area contributed by atoms with Crippen LogP contribution in [-0.4, -0.2) is 101 Å². The standard InChI is InChI=1S/C28H25N5O4.C15H13N3O2.C13H14N2O3.CH3F/c34-15-18-13-19(9-10-20(18)25-21-5-1-2-6-22(21)27(35)31-30-25)29-28(36)26-23-7-3-4-8-24(23)33(32-26)14-17-11-12-37-16-17;16-10-5-6-11(9(7-10)8-19)14-12-3-1-2-4-13(12)15(20)18-17-14;16-13(17)12-10-3-1-2-4-11(10)15(14-12)7-9-5-6-18-8-9;1-2/h1-10,13,17,34H,11-12,14-16H2,(H,29,36)(H,31,35);1-7,19H,8,16H2,(H,18,20);1-4,9H,5-8H2,(H,16,17);1H3/i;;;1D. The van der Waals surface area contributed by atoms with Crippen LogP contribution in [0, 0.1) is 11.8 Å². The number of H-pyrrole nitrogens is 2. The second-order valence-electron chi connectivity index (χ2n) is 18.3. The number of aliphatic hydroxyl groups excluding tert-OH is 2. The summed E-state index contributed by atoms with van der Waals surface area (Å²) in [6.45, 7) is 3.97. The molecule has 2 saturated heterocycles. The Morgan fingerprint density at radius 3 is 1.58 bits per heavy atom. The Balaban J connectivity index is 0.000000152. The molecule has 19 nitrogen and oxygen atoms in total. The molecular weight excluding hydrogens is 988 g/mol. The van der Waals surface area contributed by atoms with Gasteiger partial charge >= 0.3 is 5.97 Å². The van der Waals surface area contributed by atoms with E-state index in [0.717, 1.165) is 60.0 Å². The number of nitrogen functional groups attached to an aromatic ring is 1. The molecule has 6 aromatic carbocycles. The smallest absolute Gasteiger partial charge is 0.357 e. The summed E-state index contributed by atoms with van der Waals surface area (Å²) in [6.07, 6.45) is 1.99. The zero-order valence-electron chi connectivity index (χ0n) is 42.6. The number of aromatic carboxylic acids is 1. The zero-order valence-corrected chi connectivity index (χ0v) is 41.6. The maximum absolute atomic E-state index is 13.3. The molecule has 12 rings (SSSR count). The Bertz CT molecular complexity index is 3890. The SMILES string of the molecule is Nc1ccc(-c2n[nH]c(=O)c3ccccc23)c(CO)c1.O=C(Nc1ccc(-c2n[nH]c(=O)c3ccccc23)c(CO)c1)c1nn(CC2CCOC2)c2ccccc12.O=C(O)c1nn(CC2CCOC2)c2ccccc12.[2H]CF. The maximum atomic E-state index is 13.3. The van der Waals surface area contributed by atoms with Crippen LogP contribution in [0.5, 0.6) is 0 Å². The largest absolute Gasteiger partial charge is 0.476 e. The van der Waals surface area contributed by atoms with E-state index >= 15 is 0 Å². The van der Waals surface area contributed by atoms with Crippen LogP contribution >= 0.6 is 0 Å². The van der Waals surface area contributed by atoms with Crippen LogP contribution in [0.3, 0.4) is 0 Å². The highest BCUT2D eigenvalue weighted by Gasteiger charge is 2.24. The second-order valence-corrected chi connectivity index (χ2v) is 18.3. The highest BCUT2D eigenvalue weighted by atomic mass is 19.1. The van der Waals surface area contributed by atoms with Crippen molar-refractivity contribution in [1.82, 2.24) is 40.0 Å². The molecule has 10 aromatic rings. The van der Waals surface area contributed by atoms with E-state index in [1.54, 1.807) is 71.4 Å². The van der Waals surface area contributed by atoms with Crippen LogP contribution in [0.2, 0.25) is 0 Å². The van der Waals surface area contributed by atoms with Gasteiger partial charge in [-0.15, -0.1) is 0 Å². The maximum Gasteiger partial charge on any atom is 0.357 e. The van der Waals surface area contributed by atoms with Gasteiger partial charge in [-0.3, -0.25) is 28.1 Å². The van der Waals surface area contributed by atoms with Crippen molar-refractivity contribution in [3.05, 3.63) is 177 Å². The second kappa shape index (κ2) is 24.2. The van der Waals surface area contributed by atoms with Gasteiger partial charge in [-0.05, 0) is 72.5 Å². The minimum Gasteiger partial charge on any atom is -0.476 e. The third-order valence-electron chi connectivity index (χ3n) is 13.4. The van der Waals surface area contributed by atoms with E-state index in [1.165, 1.54) is 0 Å². The van der Waals surface area contributed by atoms with Gasteiger partial charge in [0.1, 0.15) is 0 Å². The van der Waals surface area contributed by atoms with Gasteiger partial charge in [0.2, 0.25) is 0 Å². The number of carbonyl (C=O) groups excluding carboxylic acids is 1. The Morgan fingerprint density at radius 2 is 1.10 bits per heavy atom. The molecule has 0 bridgehead atoms. The predicted octanol–water partition coefficient (Wildman–Crippen LogP) is 7.74. The number of aliphatic hydroxyl groups is 2. The molecule has 2 fully saturated rings. The molecule has 394 valence electrons. The number of anilines is 2. The summed E-state index contributed by atoms with van der Waals surface area (Å²) in [5, 5.41) is 57.9. The molecular formula is C57H55FN10O9. The number of halogens is 1. The molecule has 77 heavy (non-hydrogen) atoms. The minimum absolute atomic E-state index is 0.129. The van der Waals surface area contributed by atoms with Gasteiger partial charge < -0.3 is 35.8 Å². The number of carboxylic acids is 1. The number of nitrogens with zero attached hydrogens (tertiary/aromatic N) is 6. The third-order valence-corrected chi connectivity index (χ3v) is 13.4. The summed E-state index contributed by atoms with van der Waals surface area (Å²) in [6, 6.07) is 40.1. The van der Waals surface area contributed by atoms with Crippen molar-refractivity contribution in [1.29, 1.82) is 0 Å². The fraction of sp³-hybridized carbons (Fsp3) is 0.228. The van der Waals surface area contributed by atoms with Gasteiger partial charge in [0.25, 0.3) is 17.0 Å². The van der Waals surface area contributed by atoms with Gasteiger partial charge in [-0.25, -0.2) is 15.0 Å². The van der Waals surface area contributed by atoms with Crippen LogP contribution in [0.1, 0.15) is 46.3 Å². The summed E-state index contributed by atoms with van der Waals surface area (Å²) >= 11 is 0. The first-order chi connectivity index (χ1) is 38.0. The van der Waals surface area contributed by atoms with Crippen molar-refractivity contribution in [2.45, 2.75) is 39.1 Å². The van der Waals surface area contributed by atoms with E-state index in [-0.39, 0.29) is 35.9 Å².